The van der Waals surface area contributed by atoms with Crippen molar-refractivity contribution in [3.63, 3.8) is 0 Å². The van der Waals surface area contributed by atoms with E-state index in [0.29, 0.717) is 10.7 Å². The Kier molecular flexibility index (Phi) is 4.34. The van der Waals surface area contributed by atoms with E-state index in [1.54, 1.807) is 29.3 Å². The highest BCUT2D eigenvalue weighted by Crippen LogP contribution is 2.47. The lowest BCUT2D eigenvalue weighted by molar-refractivity contribution is -0.126. The average Bonchev–Trinajstić information content (AvgIpc) is 3.26. The van der Waals surface area contributed by atoms with Crippen LogP contribution >= 0.6 is 11.6 Å². The first-order valence-electron chi connectivity index (χ1n) is 9.34. The summed E-state index contributed by atoms with van der Waals surface area (Å²) in [6.45, 7) is 0. The van der Waals surface area contributed by atoms with E-state index >= 15 is 0 Å². The Balaban J connectivity index is 1.59. The van der Waals surface area contributed by atoms with E-state index in [-0.39, 0.29) is 11.8 Å². The molecule has 0 aliphatic carbocycles. The first kappa shape index (κ1) is 17.9. The fourth-order valence-corrected chi connectivity index (χ4v) is 4.26. The maximum absolute atomic E-state index is 13.4. The van der Waals surface area contributed by atoms with Gasteiger partial charge in [-0.1, -0.05) is 66.2 Å². The number of halogens is 1. The van der Waals surface area contributed by atoms with E-state index in [1.807, 2.05) is 60.7 Å². The molecular formula is C23H17ClN2O3. The number of rotatable bonds is 3. The summed E-state index contributed by atoms with van der Waals surface area (Å²) in [7, 11) is 0. The molecule has 5 rings (SSSR count). The number of nitrogens with zero attached hydrogens (tertiary/aromatic N) is 2. The van der Waals surface area contributed by atoms with Crippen molar-refractivity contribution < 1.29 is 14.4 Å². The third-order valence-electron chi connectivity index (χ3n) is 5.33. The maximum atomic E-state index is 13.4. The van der Waals surface area contributed by atoms with Gasteiger partial charge in [0.2, 0.25) is 5.91 Å². The zero-order valence-electron chi connectivity index (χ0n) is 15.3. The minimum absolute atomic E-state index is 0.283. The normalized spacial score (nSPS) is 23.6. The Morgan fingerprint density at radius 3 is 2.10 bits per heavy atom. The number of anilines is 2. The molecule has 3 atom stereocenters. The lowest BCUT2D eigenvalue weighted by atomic mass is 9.90. The number of amides is 2. The molecule has 29 heavy (non-hydrogen) atoms. The quantitative estimate of drug-likeness (QED) is 0.607. The van der Waals surface area contributed by atoms with Gasteiger partial charge in [0, 0.05) is 5.02 Å². The van der Waals surface area contributed by atoms with Crippen molar-refractivity contribution in [1.82, 2.24) is 0 Å². The predicted octanol–water partition coefficient (Wildman–Crippen LogP) is 4.39. The number of carbonyl (C=O) groups is 2. The standard InChI is InChI=1S/C23H17ClN2O3/c24-16-10-7-13-18(14-16)25-22(27)19-20(15-8-3-1-4-9-15)26(29-21(19)23(25)28)17-11-5-2-6-12-17/h1-14,19-21H/t19-,20-,21+/m0/s1. The molecule has 2 amide bonds. The third kappa shape index (κ3) is 2.90. The van der Waals surface area contributed by atoms with E-state index in [0.717, 1.165) is 11.3 Å². The molecule has 3 aromatic rings. The van der Waals surface area contributed by atoms with Gasteiger partial charge in [-0.05, 0) is 35.9 Å². The largest absolute Gasteiger partial charge is 0.273 e. The van der Waals surface area contributed by atoms with E-state index in [4.69, 9.17) is 16.4 Å². The van der Waals surface area contributed by atoms with Gasteiger partial charge in [0.25, 0.3) is 5.91 Å². The van der Waals surface area contributed by atoms with Gasteiger partial charge in [0.1, 0.15) is 5.92 Å². The fourth-order valence-electron chi connectivity index (χ4n) is 4.07. The van der Waals surface area contributed by atoms with Crippen molar-refractivity contribution in [3.8, 4) is 0 Å². The van der Waals surface area contributed by atoms with Gasteiger partial charge in [-0.25, -0.2) is 9.96 Å². The maximum Gasteiger partial charge on any atom is 0.266 e. The van der Waals surface area contributed by atoms with Gasteiger partial charge in [-0.3, -0.25) is 14.4 Å². The molecule has 0 unspecified atom stereocenters. The highest BCUT2D eigenvalue weighted by molar-refractivity contribution is 6.31. The molecule has 0 N–H and O–H groups in total. The van der Waals surface area contributed by atoms with Gasteiger partial charge >= 0.3 is 0 Å². The zero-order chi connectivity index (χ0) is 20.0. The SMILES string of the molecule is O=C1[C@@H]2[C@@H](ON(c3ccccc3)[C@H]2c2ccccc2)C(=O)N1c1cccc(Cl)c1. The van der Waals surface area contributed by atoms with Crippen LogP contribution < -0.4 is 9.96 Å². The molecule has 144 valence electrons. The van der Waals surface area contributed by atoms with Crippen LogP contribution in [0, 0.1) is 5.92 Å². The summed E-state index contributed by atoms with van der Waals surface area (Å²) < 4.78 is 0. The van der Waals surface area contributed by atoms with Gasteiger partial charge in [0.15, 0.2) is 6.10 Å². The second-order valence-corrected chi connectivity index (χ2v) is 7.50. The molecule has 2 heterocycles. The van der Waals surface area contributed by atoms with Gasteiger partial charge in [0.05, 0.1) is 17.4 Å². The minimum Gasteiger partial charge on any atom is -0.273 e. The monoisotopic (exact) mass is 404 g/mol. The Morgan fingerprint density at radius 2 is 1.41 bits per heavy atom. The number of hydrogen-bond donors (Lipinski definition) is 0. The molecule has 2 fully saturated rings. The molecule has 0 spiro atoms. The molecule has 2 saturated heterocycles. The number of imide groups is 1. The van der Waals surface area contributed by atoms with Crippen molar-refractivity contribution in [2.24, 2.45) is 5.92 Å². The van der Waals surface area contributed by atoms with E-state index < -0.39 is 18.1 Å². The number of fused-ring (bicyclic) bond motifs is 1. The van der Waals surface area contributed by atoms with Crippen LogP contribution in [0.25, 0.3) is 0 Å². The Labute approximate surface area is 173 Å². The van der Waals surface area contributed by atoms with Crippen molar-refractivity contribution in [1.29, 1.82) is 0 Å². The molecule has 5 nitrogen and oxygen atoms in total. The van der Waals surface area contributed by atoms with Crippen molar-refractivity contribution in [2.45, 2.75) is 12.1 Å². The fraction of sp³-hybridized carbons (Fsp3) is 0.130. The van der Waals surface area contributed by atoms with Crippen LogP contribution in [-0.4, -0.2) is 17.9 Å². The number of hydroxylamine groups is 1. The highest BCUT2D eigenvalue weighted by atomic mass is 35.5. The van der Waals surface area contributed by atoms with Gasteiger partial charge < -0.3 is 0 Å². The summed E-state index contributed by atoms with van der Waals surface area (Å²) in [6.07, 6.45) is -0.883. The summed E-state index contributed by atoms with van der Waals surface area (Å²) >= 11 is 6.08. The lowest BCUT2D eigenvalue weighted by Gasteiger charge is -2.28. The second-order valence-electron chi connectivity index (χ2n) is 7.06. The topological polar surface area (TPSA) is 49.9 Å². The smallest absolute Gasteiger partial charge is 0.266 e. The van der Waals surface area contributed by atoms with E-state index in [1.165, 1.54) is 4.90 Å². The van der Waals surface area contributed by atoms with Crippen LogP contribution in [0.3, 0.4) is 0 Å². The predicted molar refractivity (Wildman–Crippen MR) is 110 cm³/mol. The third-order valence-corrected chi connectivity index (χ3v) is 5.57. The Morgan fingerprint density at radius 1 is 0.759 bits per heavy atom. The molecule has 2 aliphatic rings. The molecule has 3 aromatic carbocycles. The van der Waals surface area contributed by atoms with Crippen molar-refractivity contribution in [3.05, 3.63) is 95.5 Å². The second kappa shape index (κ2) is 7.03. The first-order chi connectivity index (χ1) is 14.1. The van der Waals surface area contributed by atoms with Gasteiger partial charge in [-0.15, -0.1) is 0 Å². The summed E-state index contributed by atoms with van der Waals surface area (Å²) in [5.74, 6) is -1.31. The summed E-state index contributed by atoms with van der Waals surface area (Å²) in [6, 6.07) is 25.5. The van der Waals surface area contributed by atoms with E-state index in [2.05, 4.69) is 0 Å². The molecule has 0 saturated carbocycles. The molecule has 2 aliphatic heterocycles. The molecule has 0 radical (unpaired) electrons. The Bertz CT molecular complexity index is 1070. The number of carbonyl (C=O) groups excluding carboxylic acids is 2. The van der Waals surface area contributed by atoms with Gasteiger partial charge in [-0.2, -0.15) is 0 Å². The summed E-state index contributed by atoms with van der Waals surface area (Å²) in [4.78, 5) is 33.9. The van der Waals surface area contributed by atoms with Crippen LogP contribution in [0.2, 0.25) is 5.02 Å². The van der Waals surface area contributed by atoms with E-state index in [9.17, 15) is 9.59 Å². The number of hydrogen-bond acceptors (Lipinski definition) is 4. The minimum atomic E-state index is -0.883. The average molecular weight is 405 g/mol. The van der Waals surface area contributed by atoms with Crippen LogP contribution in [0.5, 0.6) is 0 Å². The summed E-state index contributed by atoms with van der Waals surface area (Å²) in [5, 5.41) is 2.15. The van der Waals surface area contributed by atoms with Crippen molar-refractivity contribution in [2.75, 3.05) is 9.96 Å². The zero-order valence-corrected chi connectivity index (χ0v) is 16.1. The van der Waals surface area contributed by atoms with Crippen LogP contribution in [0.4, 0.5) is 11.4 Å². The number of benzene rings is 3. The lowest BCUT2D eigenvalue weighted by Crippen LogP contribution is -2.37. The van der Waals surface area contributed by atoms with Crippen molar-refractivity contribution >= 4 is 34.8 Å². The summed E-state index contributed by atoms with van der Waals surface area (Å²) in [5.41, 5.74) is 2.17. The van der Waals surface area contributed by atoms with Crippen LogP contribution in [-0.2, 0) is 14.4 Å². The Hall–Kier alpha value is -3.15. The molecule has 6 heteroatoms. The molecule has 0 bridgehead atoms. The highest BCUT2D eigenvalue weighted by Gasteiger charge is 2.60. The van der Waals surface area contributed by atoms with Crippen LogP contribution in [0.1, 0.15) is 11.6 Å². The first-order valence-corrected chi connectivity index (χ1v) is 9.72. The molecule has 0 aromatic heterocycles. The molecular weight excluding hydrogens is 388 g/mol. The van der Waals surface area contributed by atoms with Crippen LogP contribution in [0.15, 0.2) is 84.9 Å². The number of para-hydroxylation sites is 1.